The summed E-state index contributed by atoms with van der Waals surface area (Å²) in [6.07, 6.45) is 0.785. The average Bonchev–Trinajstić information content (AvgIpc) is 3.55. The fourth-order valence-electron chi connectivity index (χ4n) is 4.32. The average molecular weight is 535 g/mol. The van der Waals surface area contributed by atoms with Crippen LogP contribution in [0.5, 0.6) is 0 Å². The number of carbonyl (C=O) groups excluding carboxylic acids is 2. The molecule has 0 saturated carbocycles. The van der Waals surface area contributed by atoms with E-state index in [0.29, 0.717) is 11.5 Å². The summed E-state index contributed by atoms with van der Waals surface area (Å²) < 4.78 is 15.5. The predicted molar refractivity (Wildman–Crippen MR) is 148 cm³/mol. The smallest absolute Gasteiger partial charge is 0.240 e. The zero-order valence-corrected chi connectivity index (χ0v) is 22.2. The minimum Gasteiger partial charge on any atom is -0.352 e. The first-order chi connectivity index (χ1) is 18.0. The van der Waals surface area contributed by atoms with Crippen molar-refractivity contribution in [3.63, 3.8) is 0 Å². The first kappa shape index (κ1) is 25.2. The molecule has 0 bridgehead atoms. The van der Waals surface area contributed by atoms with E-state index in [2.05, 4.69) is 11.4 Å². The Morgan fingerprint density at radius 1 is 1.14 bits per heavy atom. The Morgan fingerprint density at radius 2 is 1.89 bits per heavy atom. The van der Waals surface area contributed by atoms with Gasteiger partial charge in [0.15, 0.2) is 0 Å². The van der Waals surface area contributed by atoms with Crippen LogP contribution < -0.4 is 10.2 Å². The first-order valence-electron chi connectivity index (χ1n) is 12.1. The molecule has 190 valence electrons. The van der Waals surface area contributed by atoms with E-state index in [1.165, 1.54) is 28.8 Å². The van der Waals surface area contributed by atoms with Crippen molar-refractivity contribution in [2.45, 2.75) is 31.6 Å². The lowest BCUT2D eigenvalue weighted by Gasteiger charge is -2.24. The van der Waals surface area contributed by atoms with E-state index in [0.717, 1.165) is 28.1 Å². The van der Waals surface area contributed by atoms with Crippen LogP contribution in [0.15, 0.2) is 72.1 Å². The van der Waals surface area contributed by atoms with E-state index < -0.39 is 0 Å². The molecule has 37 heavy (non-hydrogen) atoms. The number of rotatable bonds is 7. The van der Waals surface area contributed by atoms with Gasteiger partial charge in [0.05, 0.1) is 22.4 Å². The number of fused-ring (bicyclic) bond motifs is 1. The highest BCUT2D eigenvalue weighted by molar-refractivity contribution is 8.00. The van der Waals surface area contributed by atoms with Crippen LogP contribution in [0.1, 0.15) is 36.0 Å². The topological polar surface area (TPSA) is 67.2 Å². The maximum Gasteiger partial charge on any atom is 0.240 e. The third kappa shape index (κ3) is 5.19. The predicted octanol–water partition coefficient (Wildman–Crippen LogP) is 5.82. The second kappa shape index (κ2) is 10.9. The van der Waals surface area contributed by atoms with Crippen LogP contribution in [-0.2, 0) is 9.59 Å². The monoisotopic (exact) mass is 534 g/mol. The van der Waals surface area contributed by atoms with E-state index in [-0.39, 0.29) is 41.2 Å². The molecule has 0 aliphatic carbocycles. The van der Waals surface area contributed by atoms with Crippen LogP contribution in [0.2, 0.25) is 0 Å². The number of anilines is 1. The summed E-state index contributed by atoms with van der Waals surface area (Å²) in [5.41, 5.74) is 3.11. The van der Waals surface area contributed by atoms with Gasteiger partial charge < -0.3 is 5.32 Å². The molecule has 4 aromatic rings. The highest BCUT2D eigenvalue weighted by Crippen LogP contribution is 2.49. The Kier molecular flexibility index (Phi) is 7.43. The van der Waals surface area contributed by atoms with E-state index in [1.54, 1.807) is 28.2 Å². The first-order valence-corrected chi connectivity index (χ1v) is 14.1. The number of thioether (sulfide) groups is 1. The van der Waals surface area contributed by atoms with Crippen LogP contribution in [0.25, 0.3) is 16.9 Å². The maximum atomic E-state index is 13.8. The highest BCUT2D eigenvalue weighted by Gasteiger charge is 2.38. The summed E-state index contributed by atoms with van der Waals surface area (Å²) in [4.78, 5) is 29.3. The van der Waals surface area contributed by atoms with Crippen molar-refractivity contribution in [3.8, 4) is 16.9 Å². The number of nitrogens with one attached hydrogen (secondary N) is 1. The number of benzene rings is 2. The van der Waals surface area contributed by atoms with Gasteiger partial charge in [0.25, 0.3) is 0 Å². The van der Waals surface area contributed by atoms with Gasteiger partial charge in [-0.3, -0.25) is 14.5 Å². The van der Waals surface area contributed by atoms with E-state index in [4.69, 9.17) is 5.10 Å². The normalized spacial score (nSPS) is 16.2. The van der Waals surface area contributed by atoms with Crippen molar-refractivity contribution in [1.29, 1.82) is 0 Å². The number of hydrogen-bond acceptors (Lipinski definition) is 5. The fourth-order valence-corrected chi connectivity index (χ4v) is 6.50. The number of halogens is 1. The van der Waals surface area contributed by atoms with Crippen LogP contribution in [-0.4, -0.2) is 39.9 Å². The van der Waals surface area contributed by atoms with Crippen LogP contribution in [0.3, 0.4) is 0 Å². The molecule has 0 fully saturated rings. The van der Waals surface area contributed by atoms with Gasteiger partial charge in [-0.25, -0.2) is 9.07 Å². The molecule has 0 unspecified atom stereocenters. The summed E-state index contributed by atoms with van der Waals surface area (Å²) in [5.74, 6) is -0.0176. The summed E-state index contributed by atoms with van der Waals surface area (Å²) in [6.45, 7) is 3.81. The molecular formula is C28H27FN4O2S2. The lowest BCUT2D eigenvalue weighted by Crippen LogP contribution is -2.44. The molecular weight excluding hydrogens is 507 g/mol. The molecule has 6 nitrogen and oxygen atoms in total. The Labute approximate surface area is 223 Å². The summed E-state index contributed by atoms with van der Waals surface area (Å²) in [7, 11) is 0. The Hall–Kier alpha value is -3.43. The third-order valence-corrected chi connectivity index (χ3v) is 8.65. The number of carbonyl (C=O) groups is 2. The lowest BCUT2D eigenvalue weighted by atomic mass is 10.0. The Balaban J connectivity index is 1.75. The summed E-state index contributed by atoms with van der Waals surface area (Å²) >= 11 is 3.16. The van der Waals surface area contributed by atoms with Crippen molar-refractivity contribution in [3.05, 3.63) is 88.4 Å². The Bertz CT molecular complexity index is 1390. The molecule has 0 saturated heterocycles. The molecule has 1 aliphatic rings. The largest absolute Gasteiger partial charge is 0.352 e. The maximum absolute atomic E-state index is 13.8. The van der Waals surface area contributed by atoms with E-state index in [1.807, 2.05) is 55.6 Å². The molecule has 2 aromatic heterocycles. The highest BCUT2D eigenvalue weighted by atomic mass is 32.2. The standard InChI is InChI=1S/C28H27FN4O2S2/c1-3-18(2)30-23(34)16-32-24(35)17-37-27(22-10-7-15-36-22)25-26(19-8-5-4-6-9-19)31-33(28(25)32)21-13-11-20(29)12-14-21/h4-15,18,27H,3,16-17H2,1-2H3,(H,30,34)/t18-,27-/m1/s1. The van der Waals surface area contributed by atoms with Crippen molar-refractivity contribution in [2.24, 2.45) is 0 Å². The number of hydrogen-bond donors (Lipinski definition) is 1. The molecule has 5 rings (SSSR count). The van der Waals surface area contributed by atoms with Gasteiger partial charge in [0.2, 0.25) is 11.8 Å². The molecule has 0 spiro atoms. The van der Waals surface area contributed by atoms with Gasteiger partial charge in [-0.15, -0.1) is 23.1 Å². The second-order valence-electron chi connectivity index (χ2n) is 8.90. The number of thiophene rings is 1. The molecule has 9 heteroatoms. The van der Waals surface area contributed by atoms with Gasteiger partial charge in [-0.2, -0.15) is 5.10 Å². The minimum absolute atomic E-state index is 0.0100. The Morgan fingerprint density at radius 3 is 2.57 bits per heavy atom. The van der Waals surface area contributed by atoms with Crippen molar-refractivity contribution >= 4 is 40.7 Å². The van der Waals surface area contributed by atoms with Gasteiger partial charge in [0.1, 0.15) is 18.2 Å². The van der Waals surface area contributed by atoms with Gasteiger partial charge in [-0.05, 0) is 49.1 Å². The zero-order valence-electron chi connectivity index (χ0n) is 20.6. The number of aromatic nitrogens is 2. The molecule has 0 radical (unpaired) electrons. The quantitative estimate of drug-likeness (QED) is 0.324. The van der Waals surface area contributed by atoms with Crippen LogP contribution >= 0.6 is 23.1 Å². The third-order valence-electron chi connectivity index (χ3n) is 6.33. The summed E-state index contributed by atoms with van der Waals surface area (Å²) in [6, 6.07) is 19.9. The zero-order chi connectivity index (χ0) is 25.9. The number of amides is 2. The van der Waals surface area contributed by atoms with Gasteiger partial charge >= 0.3 is 0 Å². The van der Waals surface area contributed by atoms with Crippen LogP contribution in [0.4, 0.5) is 10.2 Å². The van der Waals surface area contributed by atoms with Gasteiger partial charge in [0, 0.05) is 22.0 Å². The molecule has 2 amide bonds. The van der Waals surface area contributed by atoms with E-state index in [9.17, 15) is 14.0 Å². The van der Waals surface area contributed by atoms with Crippen molar-refractivity contribution < 1.29 is 14.0 Å². The molecule has 1 N–H and O–H groups in total. The molecule has 3 heterocycles. The van der Waals surface area contributed by atoms with Crippen LogP contribution in [0, 0.1) is 5.82 Å². The van der Waals surface area contributed by atoms with Crippen molar-refractivity contribution in [2.75, 3.05) is 17.2 Å². The summed E-state index contributed by atoms with van der Waals surface area (Å²) in [5, 5.41) is 9.83. The lowest BCUT2D eigenvalue weighted by molar-refractivity contribution is -0.123. The number of nitrogens with zero attached hydrogens (tertiary/aromatic N) is 3. The molecule has 1 aliphatic heterocycles. The minimum atomic E-state index is -0.363. The SMILES string of the molecule is CC[C@@H](C)NC(=O)CN1C(=O)CS[C@H](c2cccs2)c2c(-c3ccccc3)nn(-c3ccc(F)cc3)c21. The van der Waals surface area contributed by atoms with Gasteiger partial charge in [-0.1, -0.05) is 43.3 Å². The molecule has 2 aromatic carbocycles. The fraction of sp³-hybridized carbons (Fsp3) is 0.250. The molecule has 2 atom stereocenters. The van der Waals surface area contributed by atoms with E-state index >= 15 is 0 Å². The second-order valence-corrected chi connectivity index (χ2v) is 11.0. The van der Waals surface area contributed by atoms with Crippen molar-refractivity contribution in [1.82, 2.24) is 15.1 Å².